The standard InChI is InChI=1S/C27H30O3/c1-6-18(2)24(25-19(3)11-10-16-27(25,4)5)22-15-14-20(17-23(22)28)26(29)30-21-12-8-7-9-13-21/h6-9,12-15,17,28H,1,10-11,16H2,2-5H3/b24-18-. The Morgan fingerprint density at radius 2 is 1.87 bits per heavy atom. The first-order chi connectivity index (χ1) is 14.2. The average Bonchev–Trinajstić information content (AvgIpc) is 2.71. The van der Waals surface area contributed by atoms with Gasteiger partial charge >= 0.3 is 5.97 Å². The fraction of sp³-hybridized carbons (Fsp3) is 0.296. The number of para-hydroxylation sites is 1. The van der Waals surface area contributed by atoms with E-state index in [9.17, 15) is 9.90 Å². The molecule has 0 aromatic heterocycles. The van der Waals surface area contributed by atoms with Gasteiger partial charge in [0.1, 0.15) is 11.5 Å². The largest absolute Gasteiger partial charge is 0.507 e. The van der Waals surface area contributed by atoms with Gasteiger partial charge in [-0.2, -0.15) is 0 Å². The maximum atomic E-state index is 12.5. The lowest BCUT2D eigenvalue weighted by molar-refractivity contribution is 0.0734. The van der Waals surface area contributed by atoms with Gasteiger partial charge in [-0.25, -0.2) is 4.79 Å². The molecule has 3 heteroatoms. The van der Waals surface area contributed by atoms with Crippen LogP contribution in [0.3, 0.4) is 0 Å². The summed E-state index contributed by atoms with van der Waals surface area (Å²) in [6.07, 6.45) is 5.14. The molecule has 0 amide bonds. The Bertz CT molecular complexity index is 1020. The predicted molar refractivity (Wildman–Crippen MR) is 123 cm³/mol. The molecule has 0 unspecified atom stereocenters. The molecule has 0 heterocycles. The Labute approximate surface area is 179 Å². The number of phenolic OH excluding ortho intramolecular Hbond substituents is 1. The number of hydrogen-bond acceptors (Lipinski definition) is 3. The lowest BCUT2D eigenvalue weighted by Gasteiger charge is -2.37. The predicted octanol–water partition coefficient (Wildman–Crippen LogP) is 7.10. The minimum Gasteiger partial charge on any atom is -0.507 e. The molecular formula is C27H30O3. The highest BCUT2D eigenvalue weighted by Gasteiger charge is 2.32. The van der Waals surface area contributed by atoms with E-state index in [4.69, 9.17) is 4.74 Å². The molecule has 0 spiro atoms. The van der Waals surface area contributed by atoms with Gasteiger partial charge in [0.2, 0.25) is 0 Å². The third kappa shape index (κ3) is 4.40. The van der Waals surface area contributed by atoms with Crippen LogP contribution in [0.15, 0.2) is 77.9 Å². The van der Waals surface area contributed by atoms with Crippen LogP contribution >= 0.6 is 0 Å². The molecule has 0 aliphatic heterocycles. The van der Waals surface area contributed by atoms with E-state index in [0.29, 0.717) is 16.9 Å². The molecule has 0 saturated heterocycles. The summed E-state index contributed by atoms with van der Waals surface area (Å²) in [5.41, 5.74) is 5.65. The molecule has 0 atom stereocenters. The summed E-state index contributed by atoms with van der Waals surface area (Å²) in [7, 11) is 0. The van der Waals surface area contributed by atoms with Crippen molar-refractivity contribution in [3.05, 3.63) is 89.0 Å². The van der Waals surface area contributed by atoms with Crippen LogP contribution in [-0.2, 0) is 0 Å². The van der Waals surface area contributed by atoms with Gasteiger partial charge in [0.25, 0.3) is 0 Å². The Hall–Kier alpha value is -3.07. The van der Waals surface area contributed by atoms with Crippen molar-refractivity contribution in [1.29, 1.82) is 0 Å². The molecule has 30 heavy (non-hydrogen) atoms. The SMILES string of the molecule is C=C/C(C)=C(\C1=C(C)CCCC1(C)C)c1ccc(C(=O)Oc2ccccc2)cc1O. The van der Waals surface area contributed by atoms with Gasteiger partial charge in [-0.1, -0.05) is 50.3 Å². The van der Waals surface area contributed by atoms with Crippen molar-refractivity contribution in [2.75, 3.05) is 0 Å². The molecule has 3 nitrogen and oxygen atoms in total. The van der Waals surface area contributed by atoms with Crippen LogP contribution < -0.4 is 4.74 Å². The molecule has 1 N–H and O–H groups in total. The van der Waals surface area contributed by atoms with Crippen molar-refractivity contribution in [2.45, 2.75) is 47.0 Å². The number of phenols is 1. The normalized spacial score (nSPS) is 16.7. The lowest BCUT2D eigenvalue weighted by Crippen LogP contribution is -2.22. The molecule has 1 aliphatic rings. The molecule has 0 fully saturated rings. The molecular weight excluding hydrogens is 372 g/mol. The zero-order valence-electron chi connectivity index (χ0n) is 18.3. The lowest BCUT2D eigenvalue weighted by atomic mass is 9.68. The smallest absolute Gasteiger partial charge is 0.343 e. The maximum absolute atomic E-state index is 12.5. The van der Waals surface area contributed by atoms with Crippen molar-refractivity contribution in [1.82, 2.24) is 0 Å². The van der Waals surface area contributed by atoms with Crippen LogP contribution in [-0.4, -0.2) is 11.1 Å². The Kier molecular flexibility index (Phi) is 6.31. The van der Waals surface area contributed by atoms with E-state index in [1.165, 1.54) is 23.6 Å². The van der Waals surface area contributed by atoms with Gasteiger partial charge in [-0.3, -0.25) is 0 Å². The summed E-state index contributed by atoms with van der Waals surface area (Å²) >= 11 is 0. The monoisotopic (exact) mass is 402 g/mol. The second-order valence-electron chi connectivity index (χ2n) is 8.59. The highest BCUT2D eigenvalue weighted by molar-refractivity contribution is 5.94. The summed E-state index contributed by atoms with van der Waals surface area (Å²) in [5, 5.41) is 10.9. The van der Waals surface area contributed by atoms with Crippen LogP contribution in [0.5, 0.6) is 11.5 Å². The van der Waals surface area contributed by atoms with Crippen molar-refractivity contribution in [3.63, 3.8) is 0 Å². The first-order valence-electron chi connectivity index (χ1n) is 10.4. The Morgan fingerprint density at radius 3 is 2.47 bits per heavy atom. The molecule has 1 aliphatic carbocycles. The first-order valence-corrected chi connectivity index (χ1v) is 10.4. The fourth-order valence-corrected chi connectivity index (χ4v) is 4.35. The van der Waals surface area contributed by atoms with Crippen molar-refractivity contribution in [3.8, 4) is 11.5 Å². The number of carbonyl (C=O) groups is 1. The second-order valence-corrected chi connectivity index (χ2v) is 8.59. The Balaban J connectivity index is 2.03. The number of rotatable bonds is 5. The van der Waals surface area contributed by atoms with Crippen molar-refractivity contribution < 1.29 is 14.6 Å². The van der Waals surface area contributed by atoms with E-state index >= 15 is 0 Å². The number of allylic oxidation sites excluding steroid dienone is 5. The molecule has 0 bridgehead atoms. The third-order valence-corrected chi connectivity index (χ3v) is 5.86. The van der Waals surface area contributed by atoms with Gasteiger partial charge < -0.3 is 9.84 Å². The van der Waals surface area contributed by atoms with E-state index in [0.717, 1.165) is 24.0 Å². The van der Waals surface area contributed by atoms with Crippen LogP contribution in [0, 0.1) is 5.41 Å². The molecule has 3 rings (SSSR count). The molecule has 0 saturated carbocycles. The van der Waals surface area contributed by atoms with Gasteiger partial charge in [-0.15, -0.1) is 0 Å². The first kappa shape index (κ1) is 21.6. The highest BCUT2D eigenvalue weighted by atomic mass is 16.5. The van der Waals surface area contributed by atoms with Crippen LogP contribution in [0.4, 0.5) is 0 Å². The van der Waals surface area contributed by atoms with E-state index in [1.54, 1.807) is 30.3 Å². The van der Waals surface area contributed by atoms with Crippen LogP contribution in [0.25, 0.3) is 5.57 Å². The number of hydrogen-bond donors (Lipinski definition) is 1. The molecule has 2 aromatic carbocycles. The topological polar surface area (TPSA) is 46.5 Å². The number of esters is 1. The van der Waals surface area contributed by atoms with E-state index in [2.05, 4.69) is 27.4 Å². The third-order valence-electron chi connectivity index (χ3n) is 5.86. The molecule has 0 radical (unpaired) electrons. The van der Waals surface area contributed by atoms with E-state index < -0.39 is 5.97 Å². The minimum absolute atomic E-state index is 0.000706. The van der Waals surface area contributed by atoms with Gasteiger partial charge in [0.15, 0.2) is 0 Å². The van der Waals surface area contributed by atoms with Gasteiger partial charge in [0, 0.05) is 5.56 Å². The average molecular weight is 403 g/mol. The summed E-state index contributed by atoms with van der Waals surface area (Å²) in [5.74, 6) is 0.0386. The van der Waals surface area contributed by atoms with Gasteiger partial charge in [0.05, 0.1) is 5.56 Å². The summed E-state index contributed by atoms with van der Waals surface area (Å²) in [6.45, 7) is 12.7. The zero-order valence-corrected chi connectivity index (χ0v) is 18.3. The van der Waals surface area contributed by atoms with Gasteiger partial charge in [-0.05, 0) is 85.6 Å². The number of ether oxygens (including phenoxy) is 1. The minimum atomic E-state index is -0.498. The Morgan fingerprint density at radius 1 is 1.17 bits per heavy atom. The summed E-state index contributed by atoms with van der Waals surface area (Å²) in [6, 6.07) is 13.9. The summed E-state index contributed by atoms with van der Waals surface area (Å²) < 4.78 is 5.40. The zero-order chi connectivity index (χ0) is 21.9. The number of aromatic hydroxyl groups is 1. The highest BCUT2D eigenvalue weighted by Crippen LogP contribution is 2.49. The van der Waals surface area contributed by atoms with E-state index in [-0.39, 0.29) is 11.2 Å². The molecule has 156 valence electrons. The second kappa shape index (κ2) is 8.74. The fourth-order valence-electron chi connectivity index (χ4n) is 4.35. The van der Waals surface area contributed by atoms with Crippen LogP contribution in [0.2, 0.25) is 0 Å². The number of carbonyl (C=O) groups excluding carboxylic acids is 1. The van der Waals surface area contributed by atoms with Crippen molar-refractivity contribution >= 4 is 11.5 Å². The maximum Gasteiger partial charge on any atom is 0.343 e. The quantitative estimate of drug-likeness (QED) is 0.330. The van der Waals surface area contributed by atoms with Crippen LogP contribution in [0.1, 0.15) is 62.9 Å². The number of benzene rings is 2. The molecule has 2 aromatic rings. The summed E-state index contributed by atoms with van der Waals surface area (Å²) in [4.78, 5) is 12.5. The van der Waals surface area contributed by atoms with E-state index in [1.807, 2.05) is 25.1 Å². The van der Waals surface area contributed by atoms with Crippen molar-refractivity contribution in [2.24, 2.45) is 5.41 Å².